The molecule has 2 atom stereocenters. The highest BCUT2D eigenvalue weighted by atomic mass is 19.3. The fourth-order valence-electron chi connectivity index (χ4n) is 5.92. The van der Waals surface area contributed by atoms with E-state index in [0.717, 1.165) is 43.5 Å². The molecule has 2 aliphatic rings. The average Bonchev–Trinajstić information content (AvgIpc) is 3.08. The van der Waals surface area contributed by atoms with Crippen LogP contribution in [0.25, 0.3) is 0 Å². The summed E-state index contributed by atoms with van der Waals surface area (Å²) in [4.78, 5) is 55.5. The van der Waals surface area contributed by atoms with Gasteiger partial charge >= 0.3 is 5.92 Å². The summed E-state index contributed by atoms with van der Waals surface area (Å²) < 4.78 is 45.8. The first-order valence-electron chi connectivity index (χ1n) is 15.6. The number of rotatable bonds is 11. The maximum atomic E-state index is 15.4. The minimum absolute atomic E-state index is 0.0290. The second kappa shape index (κ2) is 15.7. The van der Waals surface area contributed by atoms with Crippen molar-refractivity contribution < 1.29 is 32.3 Å². The molecule has 2 aromatic carbocycles. The number of nitrogens with one attached hydrogen (secondary N) is 3. The van der Waals surface area contributed by atoms with E-state index in [4.69, 9.17) is 5.26 Å². The Labute approximate surface area is 272 Å². The summed E-state index contributed by atoms with van der Waals surface area (Å²) in [5.41, 5.74) is -0.603. The first-order valence-corrected chi connectivity index (χ1v) is 15.6. The summed E-state index contributed by atoms with van der Waals surface area (Å²) >= 11 is 0. The molecule has 2 aromatic rings. The van der Waals surface area contributed by atoms with E-state index in [-0.39, 0.29) is 23.6 Å². The molecule has 4 amide bonds. The number of carbonyl (C=O) groups is 4. The Kier molecular flexibility index (Phi) is 11.8. The number of hydrogen-bond donors (Lipinski definition) is 3. The van der Waals surface area contributed by atoms with Crippen molar-refractivity contribution in [3.8, 4) is 6.07 Å². The van der Waals surface area contributed by atoms with Crippen LogP contribution in [0.2, 0.25) is 0 Å². The number of carbonyl (C=O) groups excluding carboxylic acids is 4. The van der Waals surface area contributed by atoms with E-state index < -0.39 is 53.0 Å². The highest BCUT2D eigenvalue weighted by molar-refractivity contribution is 5.98. The molecule has 0 spiro atoms. The number of likely N-dealkylation sites (N-methyl/N-ethyl adjacent to an activating group) is 1. The third kappa shape index (κ3) is 8.98. The number of piperazine rings is 1. The van der Waals surface area contributed by atoms with Crippen molar-refractivity contribution in [2.24, 2.45) is 5.92 Å². The standard InChI is InChI=1S/C34H39F3N6O4/c1-3-29(44)39-28(32(46)43-16-14-42(2)15-17-43)20-22-12-13-27(26(35)19-22)40-31(45)30(24-9-5-4-6-10-24)41-33(47)34(36,37)25-11-7-8-23(18-25)21-38/h3,7-8,11-13,18-19,24,28,30H,1,4-6,9-10,14-17,20H2,2H3,(H,39,44)(H,40,45)(H,41,47)/t28-,30+/m1/s1. The Bertz CT molecular complexity index is 1530. The molecular weight excluding hydrogens is 613 g/mol. The second-order valence-corrected chi connectivity index (χ2v) is 12.0. The van der Waals surface area contributed by atoms with Gasteiger partial charge in [-0.15, -0.1) is 0 Å². The van der Waals surface area contributed by atoms with Crippen LogP contribution in [-0.2, 0) is 31.5 Å². The van der Waals surface area contributed by atoms with Gasteiger partial charge in [-0.2, -0.15) is 14.0 Å². The van der Waals surface area contributed by atoms with Crippen LogP contribution in [0.1, 0.15) is 48.8 Å². The number of nitriles is 1. The summed E-state index contributed by atoms with van der Waals surface area (Å²) in [5, 5.41) is 16.4. The summed E-state index contributed by atoms with van der Waals surface area (Å²) in [6.45, 7) is 5.73. The summed E-state index contributed by atoms with van der Waals surface area (Å²) in [7, 11) is 1.94. The average molecular weight is 653 g/mol. The molecule has 1 heterocycles. The lowest BCUT2D eigenvalue weighted by molar-refractivity contribution is -0.149. The van der Waals surface area contributed by atoms with Crippen LogP contribution in [0, 0.1) is 23.1 Å². The van der Waals surface area contributed by atoms with E-state index in [0.29, 0.717) is 44.6 Å². The number of hydrogen-bond acceptors (Lipinski definition) is 6. The van der Waals surface area contributed by atoms with Crippen LogP contribution < -0.4 is 16.0 Å². The van der Waals surface area contributed by atoms with Gasteiger partial charge in [0.05, 0.1) is 17.3 Å². The first kappa shape index (κ1) is 35.2. The molecule has 0 aromatic heterocycles. The number of alkyl halides is 2. The second-order valence-electron chi connectivity index (χ2n) is 12.0. The zero-order chi connectivity index (χ0) is 34.1. The van der Waals surface area contributed by atoms with E-state index >= 15 is 13.2 Å². The van der Waals surface area contributed by atoms with Crippen LogP contribution in [0.3, 0.4) is 0 Å². The minimum Gasteiger partial charge on any atom is -0.340 e. The largest absolute Gasteiger partial charge is 0.349 e. The Balaban J connectivity index is 1.50. The van der Waals surface area contributed by atoms with Gasteiger partial charge in [0.1, 0.15) is 17.9 Å². The molecule has 250 valence electrons. The van der Waals surface area contributed by atoms with E-state index in [1.165, 1.54) is 24.3 Å². The molecule has 1 aliphatic heterocycles. The van der Waals surface area contributed by atoms with Gasteiger partial charge in [0, 0.05) is 38.2 Å². The molecule has 1 saturated heterocycles. The van der Waals surface area contributed by atoms with Crippen molar-refractivity contribution in [1.29, 1.82) is 5.26 Å². The van der Waals surface area contributed by atoms with Gasteiger partial charge in [-0.1, -0.05) is 44.0 Å². The topological polar surface area (TPSA) is 135 Å². The summed E-state index contributed by atoms with van der Waals surface area (Å²) in [5.74, 6) is -8.75. The van der Waals surface area contributed by atoms with Gasteiger partial charge < -0.3 is 25.8 Å². The van der Waals surface area contributed by atoms with Crippen LogP contribution in [-0.4, -0.2) is 78.7 Å². The molecule has 0 unspecified atom stereocenters. The number of anilines is 1. The normalized spacial score (nSPS) is 17.1. The van der Waals surface area contributed by atoms with Gasteiger partial charge in [0.25, 0.3) is 5.91 Å². The number of benzene rings is 2. The highest BCUT2D eigenvalue weighted by Gasteiger charge is 2.44. The summed E-state index contributed by atoms with van der Waals surface area (Å²) in [6, 6.07) is 7.84. The van der Waals surface area contributed by atoms with E-state index in [1.807, 2.05) is 7.05 Å². The lowest BCUT2D eigenvalue weighted by Crippen LogP contribution is -2.54. The van der Waals surface area contributed by atoms with Crippen LogP contribution in [0.4, 0.5) is 18.9 Å². The molecule has 0 radical (unpaired) electrons. The van der Waals surface area contributed by atoms with Gasteiger partial charge in [-0.3, -0.25) is 19.2 Å². The van der Waals surface area contributed by atoms with Crippen molar-refractivity contribution >= 4 is 29.3 Å². The molecule has 10 nitrogen and oxygen atoms in total. The van der Waals surface area contributed by atoms with Crippen molar-refractivity contribution in [2.75, 3.05) is 38.5 Å². The Hall–Kier alpha value is -4.70. The molecule has 1 aliphatic carbocycles. The SMILES string of the molecule is C=CC(=O)N[C@H](Cc1ccc(NC(=O)[C@@H](NC(=O)C(F)(F)c2cccc(C#N)c2)C2CCCCC2)c(F)c1)C(=O)N1CCN(C)CC1. The number of amides is 4. The van der Waals surface area contributed by atoms with Crippen LogP contribution >= 0.6 is 0 Å². The fourth-order valence-corrected chi connectivity index (χ4v) is 5.92. The van der Waals surface area contributed by atoms with Gasteiger partial charge in [-0.25, -0.2) is 4.39 Å². The quantitative estimate of drug-likeness (QED) is 0.319. The molecule has 13 heteroatoms. The van der Waals surface area contributed by atoms with Crippen LogP contribution in [0.5, 0.6) is 0 Å². The van der Waals surface area contributed by atoms with Crippen molar-refractivity contribution in [3.05, 3.63) is 77.6 Å². The van der Waals surface area contributed by atoms with Crippen molar-refractivity contribution in [1.82, 2.24) is 20.4 Å². The van der Waals surface area contributed by atoms with Crippen molar-refractivity contribution in [3.63, 3.8) is 0 Å². The Morgan fingerprint density at radius 2 is 1.74 bits per heavy atom. The molecule has 3 N–H and O–H groups in total. The van der Waals surface area contributed by atoms with Crippen molar-refractivity contribution in [2.45, 2.75) is 56.5 Å². The third-order valence-electron chi connectivity index (χ3n) is 8.68. The monoisotopic (exact) mass is 652 g/mol. The van der Waals surface area contributed by atoms with Gasteiger partial charge in [0.15, 0.2) is 0 Å². The van der Waals surface area contributed by atoms with Crippen LogP contribution in [0.15, 0.2) is 55.1 Å². The lowest BCUT2D eigenvalue weighted by Gasteiger charge is -2.34. The smallest absolute Gasteiger partial charge is 0.340 e. The maximum absolute atomic E-state index is 15.4. The molecule has 2 fully saturated rings. The molecule has 4 rings (SSSR count). The first-order chi connectivity index (χ1) is 22.4. The third-order valence-corrected chi connectivity index (χ3v) is 8.68. The molecule has 0 bridgehead atoms. The zero-order valence-electron chi connectivity index (χ0n) is 26.2. The maximum Gasteiger partial charge on any atom is 0.349 e. The van der Waals surface area contributed by atoms with E-state index in [1.54, 1.807) is 11.0 Å². The Morgan fingerprint density at radius 1 is 1.04 bits per heavy atom. The van der Waals surface area contributed by atoms with E-state index in [9.17, 15) is 19.2 Å². The predicted molar refractivity (Wildman–Crippen MR) is 168 cm³/mol. The zero-order valence-corrected chi connectivity index (χ0v) is 26.2. The molecule has 1 saturated carbocycles. The number of nitrogens with zero attached hydrogens (tertiary/aromatic N) is 3. The van der Waals surface area contributed by atoms with Gasteiger partial charge in [0.2, 0.25) is 17.7 Å². The molecular formula is C34H39F3N6O4. The molecule has 47 heavy (non-hydrogen) atoms. The van der Waals surface area contributed by atoms with E-state index in [2.05, 4.69) is 27.4 Å². The predicted octanol–water partition coefficient (Wildman–Crippen LogP) is 3.48. The Morgan fingerprint density at radius 3 is 2.38 bits per heavy atom. The minimum atomic E-state index is -4.04. The summed E-state index contributed by atoms with van der Waals surface area (Å²) in [6.07, 6.45) is 4.41. The number of halogens is 3. The highest BCUT2D eigenvalue weighted by Crippen LogP contribution is 2.32. The fraction of sp³-hybridized carbons (Fsp3) is 0.441. The van der Waals surface area contributed by atoms with Gasteiger partial charge in [-0.05, 0) is 61.7 Å². The lowest BCUT2D eigenvalue weighted by atomic mass is 9.83.